The van der Waals surface area contributed by atoms with E-state index in [1.807, 2.05) is 25.7 Å². The van der Waals surface area contributed by atoms with Crippen LogP contribution >= 0.6 is 11.6 Å². The number of hydrogen-bond acceptors (Lipinski definition) is 5. The van der Waals surface area contributed by atoms with Crippen LogP contribution in [0.25, 0.3) is 10.9 Å². The first-order valence-corrected chi connectivity index (χ1v) is 9.59. The van der Waals surface area contributed by atoms with Gasteiger partial charge in [-0.2, -0.15) is 14.4 Å². The number of anilines is 1. The molecule has 2 unspecified atom stereocenters. The van der Waals surface area contributed by atoms with E-state index in [2.05, 4.69) is 9.97 Å². The molecule has 1 amide bonds. The molecule has 0 spiro atoms. The van der Waals surface area contributed by atoms with Gasteiger partial charge in [-0.1, -0.05) is 11.6 Å². The van der Waals surface area contributed by atoms with Crippen LogP contribution in [0.4, 0.5) is 19.4 Å². The predicted molar refractivity (Wildman–Crippen MR) is 102 cm³/mol. The Morgan fingerprint density at radius 1 is 1.18 bits per heavy atom. The molecule has 0 saturated carbocycles. The van der Waals surface area contributed by atoms with Crippen molar-refractivity contribution in [3.05, 3.63) is 29.1 Å². The van der Waals surface area contributed by atoms with Crippen LogP contribution in [0.5, 0.6) is 0 Å². The summed E-state index contributed by atoms with van der Waals surface area (Å²) in [6.45, 7) is 6.40. The van der Waals surface area contributed by atoms with Crippen LogP contribution in [0.2, 0.25) is 5.02 Å². The van der Waals surface area contributed by atoms with E-state index < -0.39 is 17.5 Å². The van der Waals surface area contributed by atoms with Crippen LogP contribution in [0.3, 0.4) is 0 Å². The first kappa shape index (κ1) is 19.1. The minimum atomic E-state index is -0.995. The maximum Gasteiger partial charge on any atom is 0.410 e. The van der Waals surface area contributed by atoms with Crippen LogP contribution in [-0.4, -0.2) is 51.7 Å². The Balaban J connectivity index is 1.66. The molecule has 1 aromatic carbocycles. The molecule has 2 aromatic rings. The van der Waals surface area contributed by atoms with Gasteiger partial charge >= 0.3 is 12.2 Å². The van der Waals surface area contributed by atoms with E-state index in [9.17, 15) is 13.6 Å². The van der Waals surface area contributed by atoms with Gasteiger partial charge in [0.05, 0.1) is 12.1 Å². The Morgan fingerprint density at radius 2 is 1.82 bits per heavy atom. The number of piperazine rings is 1. The number of fused-ring (bicyclic) bond motifs is 3. The van der Waals surface area contributed by atoms with Crippen molar-refractivity contribution in [3.63, 3.8) is 0 Å². The molecule has 0 aliphatic carbocycles. The number of ether oxygens (including phenoxy) is 1. The fourth-order valence-corrected chi connectivity index (χ4v) is 4.25. The molecule has 0 N–H and O–H groups in total. The zero-order valence-electron chi connectivity index (χ0n) is 15.9. The van der Waals surface area contributed by atoms with Crippen LogP contribution in [0.1, 0.15) is 33.6 Å². The highest BCUT2D eigenvalue weighted by molar-refractivity contribution is 6.31. The average Bonchev–Trinajstić information content (AvgIpc) is 2.84. The topological polar surface area (TPSA) is 58.6 Å². The number of halogens is 3. The summed E-state index contributed by atoms with van der Waals surface area (Å²) in [6, 6.07) is 2.48. The maximum atomic E-state index is 14.2. The molecule has 4 rings (SSSR count). The minimum absolute atomic E-state index is 0.0780. The molecular weight excluding hydrogens is 390 g/mol. The number of aromatic nitrogens is 2. The van der Waals surface area contributed by atoms with Crippen molar-refractivity contribution in [2.24, 2.45) is 0 Å². The third-order valence-corrected chi connectivity index (χ3v) is 5.28. The van der Waals surface area contributed by atoms with Crippen molar-refractivity contribution in [2.75, 3.05) is 18.0 Å². The summed E-state index contributed by atoms with van der Waals surface area (Å²) in [5, 5.41) is 0.549. The molecule has 150 valence electrons. The lowest BCUT2D eigenvalue weighted by atomic mass is 10.1. The van der Waals surface area contributed by atoms with Gasteiger partial charge < -0.3 is 9.64 Å². The minimum Gasteiger partial charge on any atom is -0.444 e. The fraction of sp³-hybridized carbons (Fsp3) is 0.526. The molecule has 2 saturated heterocycles. The maximum absolute atomic E-state index is 14.2. The summed E-state index contributed by atoms with van der Waals surface area (Å²) in [7, 11) is 0. The standard InChI is InChI=1S/C19H21ClF2N4O2/c1-19(2,3)28-18(27)26-11-4-5-12(26)9-25(8-11)16-13-6-10(20)7-14(21)15(13)23-17(22)24-16/h6-7,11-12H,4-5,8-9H2,1-3H3. The number of rotatable bonds is 1. The van der Waals surface area contributed by atoms with Crippen LogP contribution < -0.4 is 4.90 Å². The first-order valence-electron chi connectivity index (χ1n) is 9.21. The highest BCUT2D eigenvalue weighted by Crippen LogP contribution is 2.36. The number of carbonyl (C=O) groups is 1. The first-order chi connectivity index (χ1) is 13.1. The van der Waals surface area contributed by atoms with E-state index in [1.54, 1.807) is 4.90 Å². The van der Waals surface area contributed by atoms with Crippen LogP contribution in [0.15, 0.2) is 12.1 Å². The molecule has 2 aliphatic rings. The van der Waals surface area contributed by atoms with E-state index >= 15 is 0 Å². The summed E-state index contributed by atoms with van der Waals surface area (Å²) in [4.78, 5) is 23.8. The Morgan fingerprint density at radius 3 is 2.43 bits per heavy atom. The van der Waals surface area contributed by atoms with Crippen molar-refractivity contribution in [1.82, 2.24) is 14.9 Å². The second-order valence-electron chi connectivity index (χ2n) is 8.28. The highest BCUT2D eigenvalue weighted by Gasteiger charge is 2.45. The zero-order chi connectivity index (χ0) is 20.2. The summed E-state index contributed by atoms with van der Waals surface area (Å²) < 4.78 is 33.8. The van der Waals surface area contributed by atoms with E-state index in [-0.39, 0.29) is 28.7 Å². The highest BCUT2D eigenvalue weighted by atomic mass is 35.5. The smallest absolute Gasteiger partial charge is 0.410 e. The number of nitrogens with zero attached hydrogens (tertiary/aromatic N) is 4. The van der Waals surface area contributed by atoms with Gasteiger partial charge in [0.15, 0.2) is 5.82 Å². The monoisotopic (exact) mass is 410 g/mol. The molecule has 6 nitrogen and oxygen atoms in total. The number of amides is 1. The van der Waals surface area contributed by atoms with Crippen molar-refractivity contribution in [2.45, 2.75) is 51.3 Å². The zero-order valence-corrected chi connectivity index (χ0v) is 16.6. The Kier molecular flexibility index (Phi) is 4.56. The molecular formula is C19H21ClF2N4O2. The number of hydrogen-bond donors (Lipinski definition) is 0. The predicted octanol–water partition coefficient (Wildman–Crippen LogP) is 4.15. The van der Waals surface area contributed by atoms with Crippen LogP contribution in [-0.2, 0) is 4.74 Å². The molecule has 2 atom stereocenters. The Bertz CT molecular complexity index is 936. The SMILES string of the molecule is CC(C)(C)OC(=O)N1C2CCC1CN(c1nc(F)nc3c(F)cc(Cl)cc13)C2. The Hall–Kier alpha value is -2.22. The van der Waals surface area contributed by atoms with Gasteiger partial charge in [0.25, 0.3) is 0 Å². The van der Waals surface area contributed by atoms with E-state index in [0.29, 0.717) is 24.3 Å². The molecule has 2 bridgehead atoms. The van der Waals surface area contributed by atoms with E-state index in [1.165, 1.54) is 6.07 Å². The second kappa shape index (κ2) is 6.69. The van der Waals surface area contributed by atoms with Gasteiger partial charge in [0.1, 0.15) is 16.9 Å². The van der Waals surface area contributed by atoms with Crippen molar-refractivity contribution in [1.29, 1.82) is 0 Å². The molecule has 28 heavy (non-hydrogen) atoms. The molecule has 2 aliphatic heterocycles. The van der Waals surface area contributed by atoms with Gasteiger partial charge in [-0.15, -0.1) is 0 Å². The van der Waals surface area contributed by atoms with Crippen molar-refractivity contribution < 1.29 is 18.3 Å². The average molecular weight is 411 g/mol. The third kappa shape index (κ3) is 3.45. The molecule has 0 radical (unpaired) electrons. The lowest BCUT2D eigenvalue weighted by Gasteiger charge is -2.42. The molecule has 3 heterocycles. The quantitative estimate of drug-likeness (QED) is 0.661. The van der Waals surface area contributed by atoms with E-state index in [0.717, 1.165) is 18.9 Å². The summed E-state index contributed by atoms with van der Waals surface area (Å²) in [5.41, 5.74) is -0.678. The van der Waals surface area contributed by atoms with Gasteiger partial charge in [-0.05, 0) is 45.7 Å². The van der Waals surface area contributed by atoms with Crippen LogP contribution in [0, 0.1) is 11.9 Å². The summed E-state index contributed by atoms with van der Waals surface area (Å²) in [6.07, 6.45) is 0.306. The normalized spacial score (nSPS) is 22.1. The van der Waals surface area contributed by atoms with Gasteiger partial charge in [0.2, 0.25) is 0 Å². The fourth-order valence-electron chi connectivity index (χ4n) is 4.04. The van der Waals surface area contributed by atoms with E-state index in [4.69, 9.17) is 16.3 Å². The molecule has 9 heteroatoms. The van der Waals surface area contributed by atoms with Crippen molar-refractivity contribution in [3.8, 4) is 0 Å². The lowest BCUT2D eigenvalue weighted by Crippen LogP contribution is -2.57. The largest absolute Gasteiger partial charge is 0.444 e. The Labute approximate surface area is 166 Å². The lowest BCUT2D eigenvalue weighted by molar-refractivity contribution is 0.0123. The molecule has 1 aromatic heterocycles. The number of carbonyl (C=O) groups excluding carboxylic acids is 1. The third-order valence-electron chi connectivity index (χ3n) is 5.06. The number of benzene rings is 1. The molecule has 2 fully saturated rings. The van der Waals surface area contributed by atoms with Gasteiger partial charge in [-0.3, -0.25) is 4.90 Å². The summed E-state index contributed by atoms with van der Waals surface area (Å²) in [5.74, 6) is -0.398. The van der Waals surface area contributed by atoms with Gasteiger partial charge in [-0.25, -0.2) is 9.18 Å². The summed E-state index contributed by atoms with van der Waals surface area (Å²) >= 11 is 5.99. The van der Waals surface area contributed by atoms with Gasteiger partial charge in [0, 0.05) is 23.5 Å². The second-order valence-corrected chi connectivity index (χ2v) is 8.71. The van der Waals surface area contributed by atoms with Crippen molar-refractivity contribution >= 4 is 34.4 Å².